The van der Waals surface area contributed by atoms with E-state index in [1.165, 1.54) is 72.7 Å². The fraction of sp³-hybridized carbons (Fsp3) is 0.600. The number of piperazine rings is 1. The lowest BCUT2D eigenvalue weighted by molar-refractivity contribution is -0.137. The quantitative estimate of drug-likeness (QED) is 0.107. The summed E-state index contributed by atoms with van der Waals surface area (Å²) in [4.78, 5) is 30.6. The number of hydrogen-bond acceptors (Lipinski definition) is 6. The van der Waals surface area contributed by atoms with Crippen molar-refractivity contribution in [3.63, 3.8) is 0 Å². The molecule has 1 fully saturated rings. The molecular weight excluding hydrogens is 619 g/mol. The predicted molar refractivity (Wildman–Crippen MR) is 200 cm³/mol. The lowest BCUT2D eigenvalue weighted by atomic mass is 10.00. The Balaban J connectivity index is 0.923. The Bertz CT molecular complexity index is 1420. The highest BCUT2D eigenvalue weighted by atomic mass is 32.1. The van der Waals surface area contributed by atoms with Gasteiger partial charge in [-0.2, -0.15) is 0 Å². The molecule has 2 aliphatic rings. The van der Waals surface area contributed by atoms with E-state index in [-0.39, 0.29) is 5.91 Å². The standard InChI is InChI=1S/C40H57N3O4S/c44-39-22-20-33-19-21-34(32-37(33)43(39)25-12-10-8-6-4-2-1-3-5-7-9-11-18-40(45)46)47-30-14-13-24-41-26-28-42(29-27-41)36-16-15-17-38-35(36)23-31-48-38/h15-17,19,21,23,31-32H,1-14,18,20,22,24-30H2,(H,45,46). The fourth-order valence-electron chi connectivity index (χ4n) is 7.26. The molecule has 0 spiro atoms. The summed E-state index contributed by atoms with van der Waals surface area (Å²) in [5.41, 5.74) is 3.70. The van der Waals surface area contributed by atoms with E-state index in [0.717, 1.165) is 95.7 Å². The summed E-state index contributed by atoms with van der Waals surface area (Å²) in [6, 6.07) is 15.3. The summed E-state index contributed by atoms with van der Waals surface area (Å²) in [6.07, 6.45) is 18.0. The molecule has 3 heterocycles. The Morgan fingerprint density at radius 3 is 2.15 bits per heavy atom. The Kier molecular flexibility index (Phi) is 14.9. The van der Waals surface area contributed by atoms with Crippen LogP contribution in [0.25, 0.3) is 10.1 Å². The number of anilines is 2. The first kappa shape index (κ1) is 36.2. The molecular formula is C40H57N3O4S. The van der Waals surface area contributed by atoms with Crippen LogP contribution in [0, 0.1) is 0 Å². The third kappa shape index (κ3) is 11.2. The van der Waals surface area contributed by atoms with Crippen LogP contribution in [0.5, 0.6) is 5.75 Å². The predicted octanol–water partition coefficient (Wildman–Crippen LogP) is 9.32. The van der Waals surface area contributed by atoms with Crippen LogP contribution in [-0.4, -0.2) is 67.8 Å². The summed E-state index contributed by atoms with van der Waals surface area (Å²) in [5.74, 6) is 0.447. The summed E-state index contributed by atoms with van der Waals surface area (Å²) in [5, 5.41) is 12.3. The molecule has 3 aromatic rings. The monoisotopic (exact) mass is 675 g/mol. The van der Waals surface area contributed by atoms with Crippen LogP contribution >= 0.6 is 11.3 Å². The molecule has 0 bridgehead atoms. The van der Waals surface area contributed by atoms with Crippen molar-refractivity contribution >= 4 is 44.7 Å². The van der Waals surface area contributed by atoms with E-state index >= 15 is 0 Å². The van der Waals surface area contributed by atoms with Crippen LogP contribution in [0.2, 0.25) is 0 Å². The zero-order valence-electron chi connectivity index (χ0n) is 29.0. The Morgan fingerprint density at radius 1 is 0.729 bits per heavy atom. The van der Waals surface area contributed by atoms with E-state index in [0.29, 0.717) is 19.4 Å². The summed E-state index contributed by atoms with van der Waals surface area (Å²) in [7, 11) is 0. The molecule has 48 heavy (non-hydrogen) atoms. The number of unbranched alkanes of at least 4 members (excludes halogenated alkanes) is 12. The van der Waals surface area contributed by atoms with Gasteiger partial charge in [-0.15, -0.1) is 11.3 Å². The van der Waals surface area contributed by atoms with Gasteiger partial charge in [0.25, 0.3) is 0 Å². The van der Waals surface area contributed by atoms with Crippen LogP contribution in [0.4, 0.5) is 11.4 Å². The second-order valence-electron chi connectivity index (χ2n) is 13.7. The van der Waals surface area contributed by atoms with Gasteiger partial charge in [0.2, 0.25) is 5.91 Å². The largest absolute Gasteiger partial charge is 0.494 e. The Morgan fingerprint density at radius 2 is 1.42 bits per heavy atom. The number of nitrogens with zero attached hydrogens (tertiary/aromatic N) is 3. The zero-order valence-corrected chi connectivity index (χ0v) is 29.8. The number of carboxylic acids is 1. The van der Waals surface area contributed by atoms with Crippen molar-refractivity contribution in [1.82, 2.24) is 4.90 Å². The van der Waals surface area contributed by atoms with Crippen LogP contribution < -0.4 is 14.5 Å². The average Bonchev–Trinajstić information content (AvgIpc) is 3.59. The van der Waals surface area contributed by atoms with Gasteiger partial charge in [0.05, 0.1) is 12.3 Å². The second kappa shape index (κ2) is 19.8. The highest BCUT2D eigenvalue weighted by Gasteiger charge is 2.24. The normalized spacial score (nSPS) is 15.3. The van der Waals surface area contributed by atoms with Gasteiger partial charge >= 0.3 is 5.97 Å². The number of amides is 1. The number of aryl methyl sites for hydroxylation is 1. The number of aliphatic carboxylic acids is 1. The minimum atomic E-state index is -0.678. The number of ether oxygens (including phenoxy) is 1. The molecule has 0 saturated carbocycles. The van der Waals surface area contributed by atoms with Crippen LogP contribution in [-0.2, 0) is 16.0 Å². The average molecular weight is 676 g/mol. The molecule has 1 aromatic heterocycles. The maximum Gasteiger partial charge on any atom is 0.303 e. The van der Waals surface area contributed by atoms with Crippen molar-refractivity contribution in [2.75, 3.05) is 55.7 Å². The number of carboxylic acid groups (broad SMARTS) is 1. The summed E-state index contributed by atoms with van der Waals surface area (Å²) >= 11 is 1.82. The van der Waals surface area contributed by atoms with Crippen LogP contribution in [0.1, 0.15) is 108 Å². The lowest BCUT2D eigenvalue weighted by Gasteiger charge is -2.36. The molecule has 5 rings (SSSR count). The summed E-state index contributed by atoms with van der Waals surface area (Å²) < 4.78 is 7.57. The van der Waals surface area contributed by atoms with Gasteiger partial charge in [0, 0.05) is 67.4 Å². The molecule has 8 heteroatoms. The Hall–Kier alpha value is -3.10. The molecule has 262 valence electrons. The molecule has 0 aliphatic carbocycles. The summed E-state index contributed by atoms with van der Waals surface area (Å²) in [6.45, 7) is 7.00. The number of fused-ring (bicyclic) bond motifs is 2. The van der Waals surface area contributed by atoms with Gasteiger partial charge in [-0.1, -0.05) is 76.3 Å². The van der Waals surface area contributed by atoms with E-state index in [1.54, 1.807) is 0 Å². The van der Waals surface area contributed by atoms with Crippen LogP contribution in [0.15, 0.2) is 47.8 Å². The maximum atomic E-state index is 12.9. The minimum absolute atomic E-state index is 0.245. The SMILES string of the molecule is O=C(O)CCCCCCCCCCCCCCN1C(=O)CCc2ccc(OCCCCN3CCN(c4cccc5sccc45)CC3)cc21. The van der Waals surface area contributed by atoms with Crippen molar-refractivity contribution in [1.29, 1.82) is 0 Å². The van der Waals surface area contributed by atoms with Crippen molar-refractivity contribution in [3.05, 3.63) is 53.4 Å². The van der Waals surface area contributed by atoms with Gasteiger partial charge in [0.15, 0.2) is 0 Å². The highest BCUT2D eigenvalue weighted by Crippen LogP contribution is 2.33. The number of benzene rings is 2. The van der Waals surface area contributed by atoms with Gasteiger partial charge in [-0.25, -0.2) is 0 Å². The third-order valence-electron chi connectivity index (χ3n) is 10.1. The smallest absolute Gasteiger partial charge is 0.303 e. The number of carbonyl (C=O) groups is 2. The van der Waals surface area contributed by atoms with Crippen LogP contribution in [0.3, 0.4) is 0 Å². The van der Waals surface area contributed by atoms with Gasteiger partial charge in [0.1, 0.15) is 5.75 Å². The first-order valence-corrected chi connectivity index (χ1v) is 19.7. The lowest BCUT2D eigenvalue weighted by Crippen LogP contribution is -2.46. The number of thiophene rings is 1. The van der Waals surface area contributed by atoms with Gasteiger partial charge < -0.3 is 19.6 Å². The first-order valence-electron chi connectivity index (χ1n) is 18.8. The molecule has 1 saturated heterocycles. The van der Waals surface area contributed by atoms with E-state index in [1.807, 2.05) is 16.2 Å². The van der Waals surface area contributed by atoms with Crippen molar-refractivity contribution in [3.8, 4) is 5.75 Å². The van der Waals surface area contributed by atoms with E-state index < -0.39 is 5.97 Å². The van der Waals surface area contributed by atoms with E-state index in [4.69, 9.17) is 9.84 Å². The highest BCUT2D eigenvalue weighted by molar-refractivity contribution is 7.17. The number of carbonyl (C=O) groups excluding carboxylic acids is 1. The second-order valence-corrected chi connectivity index (χ2v) is 14.7. The minimum Gasteiger partial charge on any atom is -0.494 e. The Labute approximate surface area is 292 Å². The van der Waals surface area contributed by atoms with Crippen molar-refractivity contribution in [2.45, 2.75) is 109 Å². The van der Waals surface area contributed by atoms with Crippen molar-refractivity contribution < 1.29 is 19.4 Å². The molecule has 2 aliphatic heterocycles. The number of hydrogen-bond donors (Lipinski definition) is 1. The fourth-order valence-corrected chi connectivity index (χ4v) is 8.07. The van der Waals surface area contributed by atoms with E-state index in [9.17, 15) is 9.59 Å². The molecule has 2 aromatic carbocycles. The first-order chi connectivity index (χ1) is 23.6. The van der Waals surface area contributed by atoms with Crippen molar-refractivity contribution in [2.24, 2.45) is 0 Å². The van der Waals surface area contributed by atoms with Gasteiger partial charge in [-0.3, -0.25) is 14.5 Å². The van der Waals surface area contributed by atoms with Gasteiger partial charge in [-0.05, 0) is 73.9 Å². The third-order valence-corrected chi connectivity index (χ3v) is 11.0. The zero-order chi connectivity index (χ0) is 33.4. The topological polar surface area (TPSA) is 73.3 Å². The molecule has 0 radical (unpaired) electrons. The molecule has 1 N–H and O–H groups in total. The molecule has 0 atom stereocenters. The number of rotatable bonds is 22. The van der Waals surface area contributed by atoms with E-state index in [2.05, 4.69) is 57.6 Å². The molecule has 7 nitrogen and oxygen atoms in total. The molecule has 1 amide bonds. The molecule has 0 unspecified atom stereocenters. The maximum absolute atomic E-state index is 12.9.